The summed E-state index contributed by atoms with van der Waals surface area (Å²) in [6.45, 7) is 0.649. The van der Waals surface area contributed by atoms with Gasteiger partial charge in [-0.3, -0.25) is 0 Å². The molecule has 0 radical (unpaired) electrons. The van der Waals surface area contributed by atoms with Crippen LogP contribution in [0.1, 0.15) is 5.82 Å². The smallest absolute Gasteiger partial charge is 0.177 e. The van der Waals surface area contributed by atoms with Crippen LogP contribution in [0.5, 0.6) is 0 Å². The first-order valence-corrected chi connectivity index (χ1v) is 4.23. The molecule has 6 heteroatoms. The van der Waals surface area contributed by atoms with Crippen molar-refractivity contribution in [3.05, 3.63) is 30.5 Å². The Morgan fingerprint density at radius 3 is 3.14 bits per heavy atom. The van der Waals surface area contributed by atoms with Gasteiger partial charge in [-0.15, -0.1) is 5.10 Å². The standard InChI is InChI=1S/C8H10N6/c1-9-5-8-10-6-12-14(8)7-3-2-4-11-13-7/h2-4,6,9H,5H2,1H3. The number of nitrogens with zero attached hydrogens (tertiary/aromatic N) is 5. The van der Waals surface area contributed by atoms with E-state index in [1.807, 2.05) is 19.2 Å². The summed E-state index contributed by atoms with van der Waals surface area (Å²) in [5, 5.41) is 14.8. The van der Waals surface area contributed by atoms with Crippen molar-refractivity contribution in [1.82, 2.24) is 30.3 Å². The average Bonchev–Trinajstić information content (AvgIpc) is 2.68. The maximum atomic E-state index is 4.10. The normalized spacial score (nSPS) is 10.4. The number of hydrogen-bond acceptors (Lipinski definition) is 5. The van der Waals surface area contributed by atoms with Gasteiger partial charge in [0.05, 0.1) is 6.54 Å². The fourth-order valence-electron chi connectivity index (χ4n) is 1.14. The van der Waals surface area contributed by atoms with Crippen molar-refractivity contribution in [2.45, 2.75) is 6.54 Å². The van der Waals surface area contributed by atoms with Crippen molar-refractivity contribution in [2.24, 2.45) is 0 Å². The van der Waals surface area contributed by atoms with E-state index in [9.17, 15) is 0 Å². The molecule has 0 unspecified atom stereocenters. The fraction of sp³-hybridized carbons (Fsp3) is 0.250. The van der Waals surface area contributed by atoms with Gasteiger partial charge in [-0.05, 0) is 19.2 Å². The third-order valence-corrected chi connectivity index (χ3v) is 1.73. The minimum atomic E-state index is 0.649. The van der Waals surface area contributed by atoms with Gasteiger partial charge in [-0.25, -0.2) is 4.98 Å². The summed E-state index contributed by atoms with van der Waals surface area (Å²) < 4.78 is 1.66. The molecule has 0 aliphatic carbocycles. The third-order valence-electron chi connectivity index (χ3n) is 1.73. The predicted octanol–water partition coefficient (Wildman–Crippen LogP) is -0.223. The molecule has 0 aliphatic heterocycles. The fourth-order valence-corrected chi connectivity index (χ4v) is 1.14. The lowest BCUT2D eigenvalue weighted by Gasteiger charge is -2.02. The Morgan fingerprint density at radius 2 is 2.43 bits per heavy atom. The van der Waals surface area contributed by atoms with Gasteiger partial charge in [0.1, 0.15) is 12.2 Å². The molecule has 1 N–H and O–H groups in total. The van der Waals surface area contributed by atoms with Crippen LogP contribution in [-0.2, 0) is 6.54 Å². The molecule has 6 nitrogen and oxygen atoms in total. The van der Waals surface area contributed by atoms with Crippen molar-refractivity contribution in [3.8, 4) is 5.82 Å². The molecule has 0 aliphatic rings. The van der Waals surface area contributed by atoms with Gasteiger partial charge in [0, 0.05) is 6.20 Å². The lowest BCUT2D eigenvalue weighted by molar-refractivity contribution is 0.695. The highest BCUT2D eigenvalue weighted by molar-refractivity contribution is 5.18. The zero-order chi connectivity index (χ0) is 9.80. The second-order valence-corrected chi connectivity index (χ2v) is 2.70. The minimum absolute atomic E-state index is 0.649. The lowest BCUT2D eigenvalue weighted by atomic mass is 10.5. The topological polar surface area (TPSA) is 68.5 Å². The van der Waals surface area contributed by atoms with Gasteiger partial charge in [0.25, 0.3) is 0 Å². The molecule has 0 saturated heterocycles. The van der Waals surface area contributed by atoms with Gasteiger partial charge in [-0.2, -0.15) is 14.9 Å². The van der Waals surface area contributed by atoms with Gasteiger partial charge in [-0.1, -0.05) is 0 Å². The Labute approximate surface area is 81.0 Å². The minimum Gasteiger partial charge on any atom is -0.313 e. The van der Waals surface area contributed by atoms with E-state index in [1.165, 1.54) is 6.33 Å². The molecule has 2 heterocycles. The first-order valence-electron chi connectivity index (χ1n) is 4.23. The SMILES string of the molecule is CNCc1ncnn1-c1cccnn1. The van der Waals surface area contributed by atoms with Crippen molar-refractivity contribution in [3.63, 3.8) is 0 Å². The maximum absolute atomic E-state index is 4.10. The van der Waals surface area contributed by atoms with E-state index in [-0.39, 0.29) is 0 Å². The van der Waals surface area contributed by atoms with E-state index < -0.39 is 0 Å². The van der Waals surface area contributed by atoms with Crippen LogP contribution in [0.2, 0.25) is 0 Å². The van der Waals surface area contributed by atoms with Crippen molar-refractivity contribution in [1.29, 1.82) is 0 Å². The van der Waals surface area contributed by atoms with E-state index in [1.54, 1.807) is 10.9 Å². The highest BCUT2D eigenvalue weighted by Crippen LogP contribution is 2.02. The van der Waals surface area contributed by atoms with E-state index >= 15 is 0 Å². The van der Waals surface area contributed by atoms with Gasteiger partial charge < -0.3 is 5.32 Å². The van der Waals surface area contributed by atoms with Crippen molar-refractivity contribution >= 4 is 0 Å². The zero-order valence-electron chi connectivity index (χ0n) is 7.75. The largest absolute Gasteiger partial charge is 0.313 e. The first kappa shape index (κ1) is 8.76. The van der Waals surface area contributed by atoms with Crippen LogP contribution in [0.15, 0.2) is 24.7 Å². The van der Waals surface area contributed by atoms with Crippen LogP contribution in [-0.4, -0.2) is 32.0 Å². The predicted molar refractivity (Wildman–Crippen MR) is 49.7 cm³/mol. The van der Waals surface area contributed by atoms with E-state index in [4.69, 9.17) is 0 Å². The van der Waals surface area contributed by atoms with E-state index in [0.29, 0.717) is 12.4 Å². The van der Waals surface area contributed by atoms with Crippen molar-refractivity contribution < 1.29 is 0 Å². The van der Waals surface area contributed by atoms with Crippen LogP contribution in [0.4, 0.5) is 0 Å². The zero-order valence-corrected chi connectivity index (χ0v) is 7.75. The molecule has 0 bridgehead atoms. The summed E-state index contributed by atoms with van der Waals surface area (Å²) in [4.78, 5) is 4.10. The Balaban J connectivity index is 2.37. The summed E-state index contributed by atoms with van der Waals surface area (Å²) in [5.74, 6) is 1.49. The quantitative estimate of drug-likeness (QED) is 0.724. The number of nitrogens with one attached hydrogen (secondary N) is 1. The van der Waals surface area contributed by atoms with E-state index in [2.05, 4.69) is 25.6 Å². The second-order valence-electron chi connectivity index (χ2n) is 2.70. The molecule has 2 aromatic heterocycles. The lowest BCUT2D eigenvalue weighted by Crippen LogP contribution is -2.13. The highest BCUT2D eigenvalue weighted by Gasteiger charge is 2.05. The Morgan fingerprint density at radius 1 is 1.50 bits per heavy atom. The van der Waals surface area contributed by atoms with Crippen LogP contribution in [0, 0.1) is 0 Å². The summed E-state index contributed by atoms with van der Waals surface area (Å²) >= 11 is 0. The van der Waals surface area contributed by atoms with Crippen molar-refractivity contribution in [2.75, 3.05) is 7.05 Å². The molecular weight excluding hydrogens is 180 g/mol. The van der Waals surface area contributed by atoms with Gasteiger partial charge >= 0.3 is 0 Å². The van der Waals surface area contributed by atoms with Gasteiger partial charge in [0.15, 0.2) is 5.82 Å². The molecule has 2 aromatic rings. The Bertz CT molecular complexity index is 395. The van der Waals surface area contributed by atoms with Crippen LogP contribution >= 0.6 is 0 Å². The molecule has 14 heavy (non-hydrogen) atoms. The Kier molecular flexibility index (Phi) is 2.46. The Hall–Kier alpha value is -1.82. The maximum Gasteiger partial charge on any atom is 0.177 e. The number of rotatable bonds is 3. The summed E-state index contributed by atoms with van der Waals surface area (Å²) in [6, 6.07) is 3.65. The van der Waals surface area contributed by atoms with Crippen LogP contribution in [0.3, 0.4) is 0 Å². The van der Waals surface area contributed by atoms with Gasteiger partial charge in [0.2, 0.25) is 0 Å². The summed E-state index contributed by atoms with van der Waals surface area (Å²) in [6.07, 6.45) is 3.12. The summed E-state index contributed by atoms with van der Waals surface area (Å²) in [7, 11) is 1.86. The average molecular weight is 190 g/mol. The molecule has 0 amide bonds. The van der Waals surface area contributed by atoms with E-state index in [0.717, 1.165) is 5.82 Å². The molecule has 0 aromatic carbocycles. The molecule has 0 spiro atoms. The molecule has 0 atom stereocenters. The second kappa shape index (κ2) is 3.93. The third kappa shape index (κ3) is 1.60. The first-order chi connectivity index (χ1) is 6.92. The summed E-state index contributed by atoms with van der Waals surface area (Å²) in [5.41, 5.74) is 0. The molecular formula is C8H10N6. The van der Waals surface area contributed by atoms with Crippen LogP contribution in [0.25, 0.3) is 5.82 Å². The molecule has 0 saturated carbocycles. The number of hydrogen-bond donors (Lipinski definition) is 1. The molecule has 2 rings (SSSR count). The van der Waals surface area contributed by atoms with Crippen LogP contribution < -0.4 is 5.32 Å². The number of aromatic nitrogens is 5. The highest BCUT2D eigenvalue weighted by atomic mass is 15.4. The molecule has 72 valence electrons. The monoisotopic (exact) mass is 190 g/mol. The molecule has 0 fully saturated rings.